The molecule has 0 aromatic heterocycles. The topological polar surface area (TPSA) is 84.9 Å². The van der Waals surface area contributed by atoms with Crippen molar-refractivity contribution in [2.45, 2.75) is 84.4 Å². The van der Waals surface area contributed by atoms with Gasteiger partial charge in [0.05, 0.1) is 12.1 Å². The molecule has 1 heterocycles. The Bertz CT molecular complexity index is 1010. The second kappa shape index (κ2) is 14.9. The van der Waals surface area contributed by atoms with Crippen molar-refractivity contribution in [1.82, 2.24) is 5.32 Å². The summed E-state index contributed by atoms with van der Waals surface area (Å²) in [7, 11) is 0. The first-order valence-electron chi connectivity index (χ1n) is 14.2. The number of nitrogens with zero attached hydrogens (tertiary/aromatic N) is 2. The largest absolute Gasteiger partial charge is 0.390 e. The average Bonchev–Trinajstić information content (AvgIpc) is 3.33. The Hall–Kier alpha value is -2.90. The Morgan fingerprint density at radius 3 is 2.50 bits per heavy atom. The molecule has 2 amide bonds. The normalized spacial score (nSPS) is 15.9. The molecule has 1 aliphatic rings. The van der Waals surface area contributed by atoms with E-state index in [0.717, 1.165) is 42.6 Å². The maximum Gasteiger partial charge on any atom is 0.227 e. The van der Waals surface area contributed by atoms with E-state index in [1.807, 2.05) is 55.5 Å². The van der Waals surface area contributed by atoms with Crippen molar-refractivity contribution in [3.05, 3.63) is 54.1 Å². The van der Waals surface area contributed by atoms with E-state index >= 15 is 0 Å². The zero-order valence-corrected chi connectivity index (χ0v) is 23.5. The number of benzene rings is 2. The Morgan fingerprint density at radius 2 is 1.87 bits per heavy atom. The van der Waals surface area contributed by atoms with Crippen LogP contribution in [0.15, 0.2) is 48.5 Å². The molecule has 3 atom stereocenters. The first-order chi connectivity index (χ1) is 18.3. The third-order valence-corrected chi connectivity index (χ3v) is 7.26. The lowest BCUT2D eigenvalue weighted by atomic mass is 9.98. The highest BCUT2D eigenvalue weighted by Gasteiger charge is 2.29. The lowest BCUT2D eigenvalue weighted by Gasteiger charge is -2.34. The molecule has 7 nitrogen and oxygen atoms in total. The minimum absolute atomic E-state index is 0.0961. The van der Waals surface area contributed by atoms with Gasteiger partial charge in [-0.25, -0.2) is 0 Å². The van der Waals surface area contributed by atoms with Crippen LogP contribution in [0.1, 0.15) is 65.4 Å². The van der Waals surface area contributed by atoms with Gasteiger partial charge in [0, 0.05) is 49.2 Å². The Kier molecular flexibility index (Phi) is 11.6. The Balaban J connectivity index is 1.87. The second-order valence-electron chi connectivity index (χ2n) is 10.9. The molecule has 1 saturated heterocycles. The number of carbonyl (C=O) groups excluding carboxylic acids is 2. The van der Waals surface area contributed by atoms with Crippen LogP contribution < -0.4 is 20.4 Å². The zero-order chi connectivity index (χ0) is 27.5. The molecule has 2 aromatic carbocycles. The van der Waals surface area contributed by atoms with Crippen LogP contribution in [0.4, 0.5) is 17.1 Å². The summed E-state index contributed by atoms with van der Waals surface area (Å²) in [4.78, 5) is 28.6. The average molecular weight is 523 g/mol. The lowest BCUT2D eigenvalue weighted by Crippen LogP contribution is -2.50. The maximum atomic E-state index is 12.6. The van der Waals surface area contributed by atoms with Gasteiger partial charge in [-0.2, -0.15) is 0 Å². The molecule has 0 bridgehead atoms. The van der Waals surface area contributed by atoms with Crippen LogP contribution in [-0.2, 0) is 16.0 Å². The monoisotopic (exact) mass is 522 g/mol. The number of nitrogens with one attached hydrogen (secondary N) is 2. The molecule has 0 radical (unpaired) electrons. The van der Waals surface area contributed by atoms with Crippen LogP contribution in [0.3, 0.4) is 0 Å². The van der Waals surface area contributed by atoms with E-state index in [0.29, 0.717) is 44.1 Å². The third kappa shape index (κ3) is 8.57. The highest BCUT2D eigenvalue weighted by Crippen LogP contribution is 2.32. The van der Waals surface area contributed by atoms with Crippen LogP contribution in [-0.4, -0.2) is 55.2 Å². The van der Waals surface area contributed by atoms with Crippen LogP contribution in [0.25, 0.3) is 0 Å². The van der Waals surface area contributed by atoms with Crippen LogP contribution in [0.2, 0.25) is 0 Å². The van der Waals surface area contributed by atoms with Crippen molar-refractivity contribution < 1.29 is 14.7 Å². The number of anilines is 3. The molecule has 38 heavy (non-hydrogen) atoms. The van der Waals surface area contributed by atoms with Crippen molar-refractivity contribution in [3.63, 3.8) is 0 Å². The van der Waals surface area contributed by atoms with Gasteiger partial charge in [-0.05, 0) is 62.8 Å². The summed E-state index contributed by atoms with van der Waals surface area (Å²) in [6, 6.07) is 15.5. The SMILES string of the molecule is CCNc1cc(N2CCCC2=O)cc(N(C=O)[C@@H](Cc2ccccc2)[C@@H](O)CNC(C)CCCC(C)C)c1. The third-order valence-electron chi connectivity index (χ3n) is 7.26. The molecule has 3 rings (SSSR count). The first-order valence-corrected chi connectivity index (χ1v) is 14.2. The number of amides is 2. The van der Waals surface area contributed by atoms with Gasteiger partial charge in [0.15, 0.2) is 0 Å². The number of hydrogen-bond acceptors (Lipinski definition) is 5. The van der Waals surface area contributed by atoms with E-state index in [4.69, 9.17) is 0 Å². The quantitative estimate of drug-likeness (QED) is 0.271. The molecule has 3 N–H and O–H groups in total. The molecule has 1 fully saturated rings. The van der Waals surface area contributed by atoms with E-state index in [2.05, 4.69) is 31.4 Å². The predicted molar refractivity (Wildman–Crippen MR) is 157 cm³/mol. The Morgan fingerprint density at radius 1 is 1.11 bits per heavy atom. The van der Waals surface area contributed by atoms with Crippen molar-refractivity contribution in [3.8, 4) is 0 Å². The summed E-state index contributed by atoms with van der Waals surface area (Å²) >= 11 is 0. The smallest absolute Gasteiger partial charge is 0.227 e. The fourth-order valence-corrected chi connectivity index (χ4v) is 5.13. The number of rotatable bonds is 16. The van der Waals surface area contributed by atoms with Crippen LogP contribution in [0, 0.1) is 5.92 Å². The number of aliphatic hydroxyl groups excluding tert-OH is 1. The van der Waals surface area contributed by atoms with Crippen molar-refractivity contribution in [1.29, 1.82) is 0 Å². The summed E-state index contributed by atoms with van der Waals surface area (Å²) < 4.78 is 0. The van der Waals surface area contributed by atoms with E-state index in [-0.39, 0.29) is 11.9 Å². The molecule has 1 aliphatic heterocycles. The van der Waals surface area contributed by atoms with E-state index in [9.17, 15) is 14.7 Å². The fraction of sp³-hybridized carbons (Fsp3) is 0.548. The second-order valence-corrected chi connectivity index (χ2v) is 10.9. The molecule has 2 aromatic rings. The molecule has 0 aliphatic carbocycles. The van der Waals surface area contributed by atoms with Gasteiger partial charge in [-0.1, -0.05) is 57.0 Å². The van der Waals surface area contributed by atoms with Gasteiger partial charge in [-0.3, -0.25) is 9.59 Å². The van der Waals surface area contributed by atoms with Gasteiger partial charge >= 0.3 is 0 Å². The summed E-state index contributed by atoms with van der Waals surface area (Å²) in [6.45, 7) is 10.4. The number of carbonyl (C=O) groups is 2. The molecule has 0 spiro atoms. The minimum atomic E-state index is -0.785. The first kappa shape index (κ1) is 29.7. The Labute approximate surface area is 228 Å². The van der Waals surface area contributed by atoms with Crippen molar-refractivity contribution >= 4 is 29.4 Å². The summed E-state index contributed by atoms with van der Waals surface area (Å²) in [5, 5.41) is 18.3. The molecule has 7 heteroatoms. The van der Waals surface area contributed by atoms with Crippen LogP contribution >= 0.6 is 0 Å². The zero-order valence-electron chi connectivity index (χ0n) is 23.5. The van der Waals surface area contributed by atoms with Gasteiger partial charge in [0.25, 0.3) is 0 Å². The molecule has 0 saturated carbocycles. The number of hydrogen-bond donors (Lipinski definition) is 3. The summed E-state index contributed by atoms with van der Waals surface area (Å²) in [5.41, 5.74) is 3.33. The van der Waals surface area contributed by atoms with Crippen molar-refractivity contribution in [2.75, 3.05) is 34.8 Å². The van der Waals surface area contributed by atoms with E-state index in [1.165, 1.54) is 6.42 Å². The predicted octanol–water partition coefficient (Wildman–Crippen LogP) is 4.98. The van der Waals surface area contributed by atoms with E-state index < -0.39 is 12.1 Å². The maximum absolute atomic E-state index is 12.6. The molecular weight excluding hydrogens is 476 g/mol. The van der Waals surface area contributed by atoms with Gasteiger partial charge in [-0.15, -0.1) is 0 Å². The minimum Gasteiger partial charge on any atom is -0.390 e. The van der Waals surface area contributed by atoms with Crippen LogP contribution in [0.5, 0.6) is 0 Å². The lowest BCUT2D eigenvalue weighted by molar-refractivity contribution is -0.117. The van der Waals surface area contributed by atoms with E-state index in [1.54, 1.807) is 9.80 Å². The van der Waals surface area contributed by atoms with Gasteiger partial charge in [0.2, 0.25) is 12.3 Å². The fourth-order valence-electron chi connectivity index (χ4n) is 5.13. The highest BCUT2D eigenvalue weighted by molar-refractivity contribution is 5.97. The molecule has 1 unspecified atom stereocenters. The highest BCUT2D eigenvalue weighted by atomic mass is 16.3. The van der Waals surface area contributed by atoms with Crippen molar-refractivity contribution in [2.24, 2.45) is 5.92 Å². The standard InChI is InChI=1S/C31H46N4O3/c1-5-32-26-18-27(34-16-10-15-31(34)38)20-28(19-26)35(22-36)29(17-25-13-7-6-8-14-25)30(37)21-33-24(4)12-9-11-23(2)3/h6-8,13-14,18-20,22-24,29-30,32-33,37H,5,9-12,15-17,21H2,1-4H3/t24?,29-,30-/m0/s1. The van der Waals surface area contributed by atoms with Gasteiger partial charge < -0.3 is 25.5 Å². The molecular formula is C31H46N4O3. The number of aliphatic hydroxyl groups is 1. The summed E-state index contributed by atoms with van der Waals surface area (Å²) in [6.07, 6.45) is 5.27. The molecule has 208 valence electrons. The van der Waals surface area contributed by atoms with Gasteiger partial charge in [0.1, 0.15) is 0 Å². The summed E-state index contributed by atoms with van der Waals surface area (Å²) in [5.74, 6) is 0.779.